The first-order valence-electron chi connectivity index (χ1n) is 5.61. The summed E-state index contributed by atoms with van der Waals surface area (Å²) in [5.74, 6) is -0.477. The molecule has 92 valence electrons. The molecule has 0 aliphatic carbocycles. The summed E-state index contributed by atoms with van der Waals surface area (Å²) in [5, 5.41) is 2.82. The molecule has 0 aliphatic rings. The number of nitrogens with zero attached hydrogens (tertiary/aromatic N) is 1. The number of hydrogen-bond donors (Lipinski definition) is 2. The highest BCUT2D eigenvalue weighted by molar-refractivity contribution is 7.80. The number of hydrogen-bond acceptors (Lipinski definition) is 3. The summed E-state index contributed by atoms with van der Waals surface area (Å²) >= 11 is 4.89. The van der Waals surface area contributed by atoms with Crippen molar-refractivity contribution in [1.82, 2.24) is 10.3 Å². The second kappa shape index (κ2) is 6.96. The van der Waals surface area contributed by atoms with Crippen LogP contribution in [0.2, 0.25) is 0 Å². The zero-order valence-corrected chi connectivity index (χ0v) is 10.7. The average molecular weight is 251 g/mol. The molecule has 0 bridgehead atoms. The summed E-state index contributed by atoms with van der Waals surface area (Å²) in [5.41, 5.74) is 6.51. The van der Waals surface area contributed by atoms with Gasteiger partial charge in [-0.3, -0.25) is 9.78 Å². The number of amides is 1. The van der Waals surface area contributed by atoms with Crippen LogP contribution in [0.1, 0.15) is 25.3 Å². The Kier molecular flexibility index (Phi) is 5.56. The van der Waals surface area contributed by atoms with Gasteiger partial charge in [0.1, 0.15) is 0 Å². The van der Waals surface area contributed by atoms with Gasteiger partial charge in [-0.05, 0) is 18.1 Å². The molecule has 5 heteroatoms. The maximum Gasteiger partial charge on any atom is 0.230 e. The monoisotopic (exact) mass is 251 g/mol. The van der Waals surface area contributed by atoms with E-state index in [-0.39, 0.29) is 16.8 Å². The molecular formula is C12H17N3OS. The van der Waals surface area contributed by atoms with E-state index in [2.05, 4.69) is 10.3 Å². The van der Waals surface area contributed by atoms with Gasteiger partial charge in [-0.25, -0.2) is 0 Å². The van der Waals surface area contributed by atoms with Gasteiger partial charge in [-0.1, -0.05) is 31.6 Å². The van der Waals surface area contributed by atoms with Crippen molar-refractivity contribution in [3.8, 4) is 0 Å². The third-order valence-corrected chi connectivity index (χ3v) is 2.71. The van der Waals surface area contributed by atoms with E-state index in [1.165, 1.54) is 0 Å². The van der Waals surface area contributed by atoms with Gasteiger partial charge in [0.05, 0.1) is 10.9 Å². The molecule has 17 heavy (non-hydrogen) atoms. The Morgan fingerprint density at radius 2 is 2.41 bits per heavy atom. The van der Waals surface area contributed by atoms with Gasteiger partial charge in [0.2, 0.25) is 5.91 Å². The fourth-order valence-electron chi connectivity index (χ4n) is 1.51. The van der Waals surface area contributed by atoms with Crippen molar-refractivity contribution in [2.45, 2.75) is 26.3 Å². The van der Waals surface area contributed by atoms with Crippen LogP contribution in [-0.4, -0.2) is 15.9 Å². The predicted octanol–water partition coefficient (Wildman–Crippen LogP) is 1.40. The molecule has 1 heterocycles. The van der Waals surface area contributed by atoms with Crippen LogP contribution >= 0.6 is 12.2 Å². The Morgan fingerprint density at radius 1 is 1.65 bits per heavy atom. The van der Waals surface area contributed by atoms with Crippen molar-refractivity contribution in [1.29, 1.82) is 0 Å². The van der Waals surface area contributed by atoms with Crippen LogP contribution in [-0.2, 0) is 11.3 Å². The van der Waals surface area contributed by atoms with E-state index in [1.807, 2.05) is 19.1 Å². The average Bonchev–Trinajstić information content (AvgIpc) is 2.34. The Morgan fingerprint density at radius 3 is 2.94 bits per heavy atom. The van der Waals surface area contributed by atoms with Gasteiger partial charge < -0.3 is 11.1 Å². The van der Waals surface area contributed by atoms with Crippen molar-refractivity contribution in [3.63, 3.8) is 0 Å². The zero-order chi connectivity index (χ0) is 12.7. The maximum atomic E-state index is 11.8. The highest BCUT2D eigenvalue weighted by Gasteiger charge is 2.19. The number of rotatable bonds is 6. The van der Waals surface area contributed by atoms with Crippen molar-refractivity contribution < 1.29 is 4.79 Å². The number of nitrogens with one attached hydrogen (secondary N) is 1. The lowest BCUT2D eigenvalue weighted by atomic mass is 10.0. The summed E-state index contributed by atoms with van der Waals surface area (Å²) in [6.07, 6.45) is 4.98. The Labute approximate surface area is 107 Å². The molecule has 1 rings (SSSR count). The molecule has 0 radical (unpaired) electrons. The molecule has 1 atom stereocenters. The van der Waals surface area contributed by atoms with Gasteiger partial charge in [0.25, 0.3) is 0 Å². The minimum Gasteiger partial charge on any atom is -0.393 e. The smallest absolute Gasteiger partial charge is 0.230 e. The molecular weight excluding hydrogens is 234 g/mol. The second-order valence-corrected chi connectivity index (χ2v) is 4.29. The van der Waals surface area contributed by atoms with E-state index in [9.17, 15) is 4.79 Å². The molecule has 4 nitrogen and oxygen atoms in total. The molecule has 1 aromatic heterocycles. The minimum absolute atomic E-state index is 0.108. The summed E-state index contributed by atoms with van der Waals surface area (Å²) in [4.78, 5) is 16.1. The fraction of sp³-hybridized carbons (Fsp3) is 0.417. The Hall–Kier alpha value is -1.49. The summed E-state index contributed by atoms with van der Waals surface area (Å²) in [7, 11) is 0. The molecule has 0 fully saturated rings. The summed E-state index contributed by atoms with van der Waals surface area (Å²) in [6, 6.07) is 3.74. The van der Waals surface area contributed by atoms with Crippen LogP contribution in [0.15, 0.2) is 24.5 Å². The van der Waals surface area contributed by atoms with Gasteiger partial charge in [-0.2, -0.15) is 0 Å². The summed E-state index contributed by atoms with van der Waals surface area (Å²) in [6.45, 7) is 2.45. The van der Waals surface area contributed by atoms with Crippen molar-refractivity contribution in [3.05, 3.63) is 30.1 Å². The molecule has 1 amide bonds. The van der Waals surface area contributed by atoms with E-state index < -0.39 is 0 Å². The molecule has 0 spiro atoms. The fourth-order valence-corrected chi connectivity index (χ4v) is 1.73. The molecule has 1 aromatic rings. The molecule has 0 aromatic carbocycles. The third-order valence-electron chi connectivity index (χ3n) is 2.43. The van der Waals surface area contributed by atoms with Gasteiger partial charge >= 0.3 is 0 Å². The van der Waals surface area contributed by atoms with Crippen LogP contribution < -0.4 is 11.1 Å². The van der Waals surface area contributed by atoms with Crippen LogP contribution in [0, 0.1) is 5.92 Å². The van der Waals surface area contributed by atoms with E-state index >= 15 is 0 Å². The largest absolute Gasteiger partial charge is 0.393 e. The highest BCUT2D eigenvalue weighted by Crippen LogP contribution is 2.07. The van der Waals surface area contributed by atoms with E-state index in [0.717, 1.165) is 12.0 Å². The lowest BCUT2D eigenvalue weighted by Gasteiger charge is -2.14. The van der Waals surface area contributed by atoms with E-state index in [0.29, 0.717) is 13.0 Å². The van der Waals surface area contributed by atoms with Crippen molar-refractivity contribution >= 4 is 23.1 Å². The molecule has 1 unspecified atom stereocenters. The van der Waals surface area contributed by atoms with Crippen molar-refractivity contribution in [2.24, 2.45) is 11.7 Å². The SMILES string of the molecule is CCCC(C(=O)NCc1cccnc1)C(N)=S. The Bertz CT molecular complexity index is 381. The number of thiocarbonyl (C=S) groups is 1. The standard InChI is InChI=1S/C12H17N3OS/c1-2-4-10(11(13)17)12(16)15-8-9-5-3-6-14-7-9/h3,5-7,10H,2,4,8H2,1H3,(H2,13,17)(H,15,16). The second-order valence-electron chi connectivity index (χ2n) is 3.82. The molecule has 0 saturated carbocycles. The number of aromatic nitrogens is 1. The molecule has 0 saturated heterocycles. The summed E-state index contributed by atoms with van der Waals surface area (Å²) < 4.78 is 0. The normalized spacial score (nSPS) is 11.8. The lowest BCUT2D eigenvalue weighted by molar-refractivity contribution is -0.123. The first kappa shape index (κ1) is 13.6. The number of carbonyl (C=O) groups is 1. The zero-order valence-electron chi connectivity index (χ0n) is 9.85. The number of pyridine rings is 1. The maximum absolute atomic E-state index is 11.8. The predicted molar refractivity (Wildman–Crippen MR) is 71.3 cm³/mol. The van der Waals surface area contributed by atoms with Gasteiger partial charge in [0.15, 0.2) is 0 Å². The molecule has 0 aliphatic heterocycles. The van der Waals surface area contributed by atoms with Crippen molar-refractivity contribution in [2.75, 3.05) is 0 Å². The van der Waals surface area contributed by atoms with Gasteiger partial charge in [0, 0.05) is 18.9 Å². The lowest BCUT2D eigenvalue weighted by Crippen LogP contribution is -2.37. The Balaban J connectivity index is 2.50. The van der Waals surface area contributed by atoms with Gasteiger partial charge in [-0.15, -0.1) is 0 Å². The van der Waals surface area contributed by atoms with E-state index in [4.69, 9.17) is 18.0 Å². The van der Waals surface area contributed by atoms with Crippen LogP contribution in [0.4, 0.5) is 0 Å². The number of nitrogens with two attached hydrogens (primary N) is 1. The van der Waals surface area contributed by atoms with Crippen LogP contribution in [0.5, 0.6) is 0 Å². The van der Waals surface area contributed by atoms with E-state index in [1.54, 1.807) is 12.4 Å². The quantitative estimate of drug-likeness (QED) is 0.750. The molecule has 3 N–H and O–H groups in total. The first-order valence-corrected chi connectivity index (χ1v) is 6.02. The van der Waals surface area contributed by atoms with Crippen LogP contribution in [0.3, 0.4) is 0 Å². The minimum atomic E-state index is -0.369. The highest BCUT2D eigenvalue weighted by atomic mass is 32.1. The van der Waals surface area contributed by atoms with Crippen LogP contribution in [0.25, 0.3) is 0 Å². The number of carbonyl (C=O) groups excluding carboxylic acids is 1. The third kappa shape index (κ3) is 4.48. The first-order chi connectivity index (χ1) is 8.15. The topological polar surface area (TPSA) is 68.0 Å².